The minimum absolute atomic E-state index is 0.0184. The lowest BCUT2D eigenvalue weighted by atomic mass is 10.1. The predicted octanol–water partition coefficient (Wildman–Crippen LogP) is 2.63. The standard InChI is InChI=1S/C27H29FN6O6S/c1-27(2,3)40-26(37)32-23(29)17-6-4-16(5-7-17)14-31-24(35)21-12-13-22-30-15-20(25(36)34(21)22)33-41(38,39)19-10-8-18(28)9-11-19/h4-11,15,21,33H,12-14H2,1-3H3,(H,31,35)(H2,29,32,37)/t21-/m0/s1. The predicted molar refractivity (Wildman–Crippen MR) is 148 cm³/mol. The van der Waals surface area contributed by atoms with Gasteiger partial charge < -0.3 is 15.8 Å². The number of amidine groups is 1. The van der Waals surface area contributed by atoms with E-state index in [2.05, 4.69) is 20.0 Å². The number of carbonyl (C=O) groups excluding carboxylic acids is 2. The summed E-state index contributed by atoms with van der Waals surface area (Å²) in [5, 5.41) is 2.78. The number of ether oxygens (including phenoxy) is 1. The number of aryl methyl sites for hydroxylation is 1. The van der Waals surface area contributed by atoms with E-state index in [1.807, 2.05) is 0 Å². The van der Waals surface area contributed by atoms with Gasteiger partial charge in [0, 0.05) is 18.5 Å². The number of nitrogens with zero attached hydrogens (tertiary/aromatic N) is 3. The zero-order valence-corrected chi connectivity index (χ0v) is 23.4. The second-order valence-electron chi connectivity index (χ2n) is 10.3. The number of hydrogen-bond acceptors (Lipinski definition) is 7. The van der Waals surface area contributed by atoms with Gasteiger partial charge in [-0.15, -0.1) is 0 Å². The van der Waals surface area contributed by atoms with E-state index in [1.165, 1.54) is 4.57 Å². The van der Waals surface area contributed by atoms with Crippen LogP contribution in [0.3, 0.4) is 0 Å². The third-order valence-electron chi connectivity index (χ3n) is 6.02. The average Bonchev–Trinajstić information content (AvgIpc) is 3.33. The Bertz CT molecular complexity index is 1660. The van der Waals surface area contributed by atoms with E-state index in [-0.39, 0.29) is 23.0 Å². The summed E-state index contributed by atoms with van der Waals surface area (Å²) in [7, 11) is -4.19. The number of sulfonamides is 1. The fourth-order valence-corrected chi connectivity index (χ4v) is 5.13. The molecule has 0 fully saturated rings. The van der Waals surface area contributed by atoms with Gasteiger partial charge in [0.1, 0.15) is 34.8 Å². The topological polar surface area (TPSA) is 175 Å². The minimum atomic E-state index is -4.19. The summed E-state index contributed by atoms with van der Waals surface area (Å²) in [6, 6.07) is 9.91. The Labute approximate surface area is 235 Å². The summed E-state index contributed by atoms with van der Waals surface area (Å²) in [5.41, 5.74) is 5.35. The van der Waals surface area contributed by atoms with E-state index in [9.17, 15) is 27.2 Å². The lowest BCUT2D eigenvalue weighted by Gasteiger charge is -2.17. The molecule has 14 heteroatoms. The van der Waals surface area contributed by atoms with Crippen molar-refractivity contribution in [1.29, 1.82) is 0 Å². The van der Waals surface area contributed by atoms with Gasteiger partial charge in [0.05, 0.1) is 11.1 Å². The van der Waals surface area contributed by atoms with Crippen molar-refractivity contribution < 1.29 is 27.1 Å². The highest BCUT2D eigenvalue weighted by Crippen LogP contribution is 2.24. The number of aromatic nitrogens is 2. The fraction of sp³-hybridized carbons (Fsp3) is 0.296. The van der Waals surface area contributed by atoms with E-state index >= 15 is 0 Å². The number of aliphatic imine (C=N–C) groups is 1. The highest BCUT2D eigenvalue weighted by Gasteiger charge is 2.31. The first-order valence-electron chi connectivity index (χ1n) is 12.6. The first kappa shape index (κ1) is 29.4. The van der Waals surface area contributed by atoms with Crippen molar-refractivity contribution in [2.24, 2.45) is 10.7 Å². The molecule has 2 aromatic carbocycles. The molecule has 2 amide bonds. The van der Waals surface area contributed by atoms with Crippen LogP contribution in [0.25, 0.3) is 0 Å². The van der Waals surface area contributed by atoms with Crippen LogP contribution in [0.1, 0.15) is 50.2 Å². The zero-order chi connectivity index (χ0) is 29.9. The third-order valence-corrected chi connectivity index (χ3v) is 7.40. The van der Waals surface area contributed by atoms with Crippen molar-refractivity contribution in [3.05, 3.63) is 87.9 Å². The van der Waals surface area contributed by atoms with Crippen molar-refractivity contribution in [3.8, 4) is 0 Å². The summed E-state index contributed by atoms with van der Waals surface area (Å²) in [4.78, 5) is 45.7. The summed E-state index contributed by atoms with van der Waals surface area (Å²) in [5.74, 6) is -0.718. The van der Waals surface area contributed by atoms with E-state index in [1.54, 1.807) is 45.0 Å². The van der Waals surface area contributed by atoms with E-state index in [4.69, 9.17) is 10.5 Å². The molecule has 12 nitrogen and oxygen atoms in total. The molecule has 2 heterocycles. The van der Waals surface area contributed by atoms with Gasteiger partial charge in [-0.05, 0) is 57.0 Å². The molecular formula is C27H29FN6O6S. The molecule has 0 saturated heterocycles. The second kappa shape index (κ2) is 11.5. The Kier molecular flexibility index (Phi) is 8.24. The van der Waals surface area contributed by atoms with Gasteiger partial charge in [-0.1, -0.05) is 24.3 Å². The van der Waals surface area contributed by atoms with Crippen LogP contribution in [0.2, 0.25) is 0 Å². The van der Waals surface area contributed by atoms with Crippen LogP contribution in [-0.2, 0) is 32.5 Å². The highest BCUT2D eigenvalue weighted by molar-refractivity contribution is 7.92. The monoisotopic (exact) mass is 584 g/mol. The van der Waals surface area contributed by atoms with Crippen molar-refractivity contribution in [2.75, 3.05) is 4.72 Å². The van der Waals surface area contributed by atoms with Crippen LogP contribution in [-0.4, -0.2) is 41.4 Å². The lowest BCUT2D eigenvalue weighted by Crippen LogP contribution is -2.36. The highest BCUT2D eigenvalue weighted by atomic mass is 32.2. The smallest absolute Gasteiger partial charge is 0.436 e. The number of carbonyl (C=O) groups is 2. The molecule has 0 saturated carbocycles. The maximum absolute atomic E-state index is 13.2. The van der Waals surface area contributed by atoms with Crippen molar-refractivity contribution in [3.63, 3.8) is 0 Å². The molecule has 41 heavy (non-hydrogen) atoms. The maximum Gasteiger partial charge on any atom is 0.436 e. The van der Waals surface area contributed by atoms with Crippen LogP contribution in [0.4, 0.5) is 14.9 Å². The first-order chi connectivity index (χ1) is 19.2. The van der Waals surface area contributed by atoms with E-state index in [0.29, 0.717) is 24.2 Å². The largest absolute Gasteiger partial charge is 0.442 e. The minimum Gasteiger partial charge on any atom is -0.442 e. The molecule has 0 radical (unpaired) electrons. The van der Waals surface area contributed by atoms with Crippen LogP contribution < -0.4 is 21.3 Å². The number of rotatable bonds is 7. The van der Waals surface area contributed by atoms with Crippen molar-refractivity contribution in [2.45, 2.75) is 56.7 Å². The molecule has 0 bridgehead atoms. The molecule has 4 N–H and O–H groups in total. The molecule has 4 rings (SSSR count). The van der Waals surface area contributed by atoms with Gasteiger partial charge in [0.2, 0.25) is 5.91 Å². The Balaban J connectivity index is 1.43. The van der Waals surface area contributed by atoms with Crippen LogP contribution >= 0.6 is 0 Å². The molecule has 0 aliphatic carbocycles. The fourth-order valence-electron chi connectivity index (χ4n) is 4.09. The van der Waals surface area contributed by atoms with E-state index < -0.39 is 45.0 Å². The number of anilines is 1. The molecule has 0 unspecified atom stereocenters. The van der Waals surface area contributed by atoms with Gasteiger partial charge in [-0.25, -0.2) is 22.6 Å². The second-order valence-corrected chi connectivity index (χ2v) is 12.0. The normalized spacial score (nSPS) is 15.2. The third kappa shape index (κ3) is 7.14. The SMILES string of the molecule is CC(C)(C)OC(=O)N=C(N)c1ccc(CNC(=O)[C@@H]2CCc3ncc(NS(=O)(=O)c4ccc(F)cc4)c(=O)n32)cc1. The average molecular weight is 585 g/mol. The zero-order valence-electron chi connectivity index (χ0n) is 22.5. The summed E-state index contributed by atoms with van der Waals surface area (Å²) in [6.45, 7) is 5.28. The lowest BCUT2D eigenvalue weighted by molar-refractivity contribution is -0.124. The van der Waals surface area contributed by atoms with Crippen LogP contribution in [0.15, 0.2) is 69.4 Å². The summed E-state index contributed by atoms with van der Waals surface area (Å²) < 4.78 is 47.1. The Morgan fingerprint density at radius 3 is 2.44 bits per heavy atom. The summed E-state index contributed by atoms with van der Waals surface area (Å²) in [6.07, 6.45) is 0.955. The Hall–Kier alpha value is -4.59. The molecule has 0 spiro atoms. The maximum atomic E-state index is 13.2. The number of nitrogens with two attached hydrogens (primary N) is 1. The number of nitrogens with one attached hydrogen (secondary N) is 2. The number of benzene rings is 2. The number of amides is 2. The number of halogens is 1. The Morgan fingerprint density at radius 2 is 1.80 bits per heavy atom. The molecule has 3 aromatic rings. The summed E-state index contributed by atoms with van der Waals surface area (Å²) >= 11 is 0. The molecular weight excluding hydrogens is 555 g/mol. The van der Waals surface area contributed by atoms with Gasteiger partial charge >= 0.3 is 6.09 Å². The van der Waals surface area contributed by atoms with Crippen LogP contribution in [0, 0.1) is 5.82 Å². The molecule has 1 aliphatic heterocycles. The molecule has 216 valence electrons. The van der Waals surface area contributed by atoms with Crippen LogP contribution in [0.5, 0.6) is 0 Å². The van der Waals surface area contributed by atoms with Crippen molar-refractivity contribution in [1.82, 2.24) is 14.9 Å². The van der Waals surface area contributed by atoms with Gasteiger partial charge in [-0.3, -0.25) is 18.9 Å². The van der Waals surface area contributed by atoms with E-state index in [0.717, 1.165) is 36.0 Å². The quantitative estimate of drug-likeness (QED) is 0.281. The first-order valence-corrected chi connectivity index (χ1v) is 14.0. The van der Waals surface area contributed by atoms with Gasteiger partial charge in [-0.2, -0.15) is 4.99 Å². The van der Waals surface area contributed by atoms with Gasteiger partial charge in [0.15, 0.2) is 0 Å². The number of hydrogen-bond donors (Lipinski definition) is 3. The molecule has 1 aliphatic rings. The van der Waals surface area contributed by atoms with Gasteiger partial charge in [0.25, 0.3) is 15.6 Å². The van der Waals surface area contributed by atoms with Crippen molar-refractivity contribution >= 4 is 33.5 Å². The Morgan fingerprint density at radius 1 is 1.15 bits per heavy atom. The number of fused-ring (bicyclic) bond motifs is 1. The molecule has 1 atom stereocenters. The molecule has 1 aromatic heterocycles.